The summed E-state index contributed by atoms with van der Waals surface area (Å²) >= 11 is 22.4. The van der Waals surface area contributed by atoms with E-state index in [-0.39, 0.29) is 90.5 Å². The van der Waals surface area contributed by atoms with E-state index in [2.05, 4.69) is 9.95 Å². The van der Waals surface area contributed by atoms with Crippen LogP contribution < -0.4 is 49.6 Å². The second-order valence-corrected chi connectivity index (χ2v) is 4.92. The Labute approximate surface area is 202 Å². The Hall–Kier alpha value is 0.223. The summed E-state index contributed by atoms with van der Waals surface area (Å²) in [4.78, 5) is 5.83. The topological polar surface area (TPSA) is 56.3 Å². The maximum absolute atomic E-state index is 8.32. The van der Waals surface area contributed by atoms with E-state index in [9.17, 15) is 0 Å². The molecule has 25 heavy (non-hydrogen) atoms. The van der Waals surface area contributed by atoms with Crippen LogP contribution in [0.5, 0.6) is 0 Å². The van der Waals surface area contributed by atoms with Gasteiger partial charge >= 0.3 is 30.9 Å². The SMILES string of the molecule is N#[N+]c1cccc(Cl)c1Cl.N#[N+]c1cccc(Cl)c1Cl.[Cl-].[Cl-].[Cl-].[Cl-].[Zn+2]. The van der Waals surface area contributed by atoms with Crippen molar-refractivity contribution >= 4 is 57.8 Å². The first-order valence-corrected chi connectivity index (χ1v) is 6.60. The predicted octanol–water partition coefficient (Wildman–Crippen LogP) is -5.03. The zero-order valence-corrected chi connectivity index (χ0v) is 21.0. The normalized spacial score (nSPS) is 7.12. The van der Waals surface area contributed by atoms with E-state index in [1.807, 2.05) is 0 Å². The molecule has 13 heteroatoms. The van der Waals surface area contributed by atoms with Gasteiger partial charge in [-0.2, -0.15) is 0 Å². The molecule has 0 radical (unpaired) electrons. The largest absolute Gasteiger partial charge is 2.00 e. The molecule has 132 valence electrons. The zero-order chi connectivity index (χ0) is 15.1. The molecular formula is C12H6Cl8N4Zn. The van der Waals surface area contributed by atoms with Crippen LogP contribution in [0, 0.1) is 10.8 Å². The van der Waals surface area contributed by atoms with Gasteiger partial charge in [-0.15, -0.1) is 0 Å². The minimum Gasteiger partial charge on any atom is -1.00 e. The minimum absolute atomic E-state index is 0. The Morgan fingerprint density at radius 1 is 0.600 bits per heavy atom. The Bertz CT molecular complexity index is 656. The second-order valence-electron chi connectivity index (χ2n) is 3.35. The summed E-state index contributed by atoms with van der Waals surface area (Å²) in [6.07, 6.45) is 0. The molecule has 0 atom stereocenters. The van der Waals surface area contributed by atoms with Crippen molar-refractivity contribution in [2.75, 3.05) is 0 Å². The van der Waals surface area contributed by atoms with Gasteiger partial charge in [0.1, 0.15) is 0 Å². The van der Waals surface area contributed by atoms with Crippen molar-refractivity contribution in [3.8, 4) is 0 Å². The molecule has 0 spiro atoms. The Balaban J connectivity index is -0.0000000889. The first-order chi connectivity index (χ1) is 9.51. The van der Waals surface area contributed by atoms with Crippen molar-refractivity contribution in [3.63, 3.8) is 0 Å². The number of nitrogens with zero attached hydrogens (tertiary/aromatic N) is 4. The van der Waals surface area contributed by atoms with Crippen LogP contribution in [-0.4, -0.2) is 0 Å². The van der Waals surface area contributed by atoms with Crippen molar-refractivity contribution in [3.05, 3.63) is 66.4 Å². The molecule has 4 nitrogen and oxygen atoms in total. The van der Waals surface area contributed by atoms with E-state index in [1.165, 1.54) is 0 Å². The summed E-state index contributed by atoms with van der Waals surface area (Å²) in [6.45, 7) is 0. The number of diazo groups is 2. The van der Waals surface area contributed by atoms with Gasteiger partial charge in [-0.25, -0.2) is 0 Å². The van der Waals surface area contributed by atoms with Gasteiger partial charge in [0.25, 0.3) is 0 Å². The third-order valence-electron chi connectivity index (χ3n) is 2.08. The zero-order valence-electron chi connectivity index (χ0n) is 12.0. The van der Waals surface area contributed by atoms with Crippen LogP contribution in [0.1, 0.15) is 0 Å². The van der Waals surface area contributed by atoms with Crippen molar-refractivity contribution in [1.82, 2.24) is 0 Å². The molecule has 2 rings (SSSR count). The average Bonchev–Trinajstić information content (AvgIpc) is 2.45. The minimum atomic E-state index is 0. The van der Waals surface area contributed by atoms with E-state index >= 15 is 0 Å². The number of halogens is 8. The van der Waals surface area contributed by atoms with Gasteiger partial charge in [0.15, 0.2) is 20.0 Å². The summed E-state index contributed by atoms with van der Waals surface area (Å²) < 4.78 is 0. The fourth-order valence-electron chi connectivity index (χ4n) is 1.14. The summed E-state index contributed by atoms with van der Waals surface area (Å²) in [5.74, 6) is 0. The number of rotatable bonds is 0. The van der Waals surface area contributed by atoms with E-state index in [4.69, 9.17) is 57.2 Å². The monoisotopic (exact) mass is 550 g/mol. The molecule has 0 aliphatic heterocycles. The predicted molar refractivity (Wildman–Crippen MR) is 82.4 cm³/mol. The van der Waals surface area contributed by atoms with Crippen molar-refractivity contribution in [2.45, 2.75) is 0 Å². The van der Waals surface area contributed by atoms with Gasteiger partial charge in [0, 0.05) is 12.1 Å². The maximum atomic E-state index is 8.32. The Morgan fingerprint density at radius 2 is 0.880 bits per heavy atom. The smallest absolute Gasteiger partial charge is 1.00 e. The molecule has 2 aromatic carbocycles. The average molecular weight is 555 g/mol. The van der Waals surface area contributed by atoms with Crippen molar-refractivity contribution < 1.29 is 69.1 Å². The molecule has 0 heterocycles. The number of benzene rings is 2. The molecule has 2 aromatic rings. The first-order valence-electron chi connectivity index (χ1n) is 5.09. The van der Waals surface area contributed by atoms with Gasteiger partial charge in [-0.05, 0) is 12.1 Å². The molecule has 0 N–H and O–H groups in total. The molecule has 0 bridgehead atoms. The summed E-state index contributed by atoms with van der Waals surface area (Å²) in [5, 5.41) is 18.0. The van der Waals surface area contributed by atoms with Crippen LogP contribution in [0.3, 0.4) is 0 Å². The Morgan fingerprint density at radius 3 is 1.08 bits per heavy atom. The van der Waals surface area contributed by atoms with E-state index in [0.29, 0.717) is 10.0 Å². The maximum Gasteiger partial charge on any atom is 2.00 e. The summed E-state index contributed by atoms with van der Waals surface area (Å²) in [6, 6.07) is 9.69. The third-order valence-corrected chi connectivity index (χ3v) is 3.70. The van der Waals surface area contributed by atoms with Crippen LogP contribution in [0.15, 0.2) is 36.4 Å². The van der Waals surface area contributed by atoms with Gasteiger partial charge in [0.05, 0.1) is 10.0 Å². The molecule has 0 aromatic heterocycles. The van der Waals surface area contributed by atoms with Crippen LogP contribution in [0.2, 0.25) is 20.1 Å². The van der Waals surface area contributed by atoms with E-state index in [1.54, 1.807) is 36.4 Å². The molecular weight excluding hydrogens is 549 g/mol. The fourth-order valence-corrected chi connectivity index (χ4v) is 1.81. The molecule has 0 aliphatic rings. The second kappa shape index (κ2) is 19.0. The number of hydrogen-bond acceptors (Lipinski definition) is 2. The molecule has 0 aliphatic carbocycles. The van der Waals surface area contributed by atoms with Crippen molar-refractivity contribution in [1.29, 1.82) is 10.8 Å². The summed E-state index contributed by atoms with van der Waals surface area (Å²) in [7, 11) is 0. The fraction of sp³-hybridized carbons (Fsp3) is 0. The molecule has 0 fully saturated rings. The van der Waals surface area contributed by atoms with Gasteiger partial charge < -0.3 is 49.6 Å². The van der Waals surface area contributed by atoms with Crippen molar-refractivity contribution in [2.24, 2.45) is 0 Å². The first kappa shape index (κ1) is 36.2. The quantitative estimate of drug-likeness (QED) is 0.242. The Kier molecular flexibility index (Phi) is 27.5. The molecule has 0 saturated heterocycles. The van der Waals surface area contributed by atoms with Gasteiger partial charge in [-0.1, -0.05) is 58.5 Å². The number of hydrogen-bond donors (Lipinski definition) is 0. The third kappa shape index (κ3) is 11.5. The van der Waals surface area contributed by atoms with E-state index < -0.39 is 0 Å². The summed E-state index contributed by atoms with van der Waals surface area (Å²) in [5.41, 5.74) is 0.573. The molecule has 0 amide bonds. The molecule has 0 unspecified atom stereocenters. The standard InChI is InChI=1S/2C6H3Cl2N2.4ClH.Zn/c2*7-4-2-1-3-5(10-9)6(4)8;;;;;/h2*1-3H;4*1H;/q2*+1;;;;;+2/p-4. The van der Waals surface area contributed by atoms with Gasteiger partial charge in [-0.3, -0.25) is 0 Å². The van der Waals surface area contributed by atoms with Crippen LogP contribution >= 0.6 is 46.4 Å². The van der Waals surface area contributed by atoms with E-state index in [0.717, 1.165) is 0 Å². The van der Waals surface area contributed by atoms with Gasteiger partial charge in [0.2, 0.25) is 10.8 Å². The van der Waals surface area contributed by atoms with Crippen LogP contribution in [0.4, 0.5) is 11.4 Å². The molecule has 0 saturated carbocycles. The van der Waals surface area contributed by atoms with Crippen LogP contribution in [-0.2, 0) is 19.5 Å². The van der Waals surface area contributed by atoms with Crippen LogP contribution in [0.25, 0.3) is 9.95 Å².